The molecule has 0 bridgehead atoms. The number of ether oxygens (including phenoxy) is 5. The van der Waals surface area contributed by atoms with Gasteiger partial charge in [-0.1, -0.05) is 227 Å². The second-order valence-electron chi connectivity index (χ2n) is 32.3. The number of aryl methyl sites for hydroxylation is 4. The predicted octanol–water partition coefficient (Wildman–Crippen LogP) is 11.9. The number of nitrogens with one attached hydrogen (secondary N) is 7. The van der Waals surface area contributed by atoms with Gasteiger partial charge in [0.1, 0.15) is 30.3 Å². The maximum atomic E-state index is 15.9. The number of ketones is 4. The standard InChI is InChI=1S/C97H123N7O16S/c1-9-66(3)89-86(107)58-77(50-54-121-8)91(110)98-61-78(92(111)100-82(94(113)101-83(95(114)103-89)56-72-31-20-13-21-32-72)57-74-48-44-71(45-49-74)41-39-69-29-18-12-19-30-69)59-87(108)90(67(4)119-63-76-35-24-15-25-36-76)104-93(112)79(64-118-62-75-33-22-14-23-34-75)60-85(106)81(55-73-46-42-70(43-47-73)40-38-68-27-16-11-17-28-68)99-88(109)65-117-53-52-116-51-26-37-84(105)80(10-2)102-96(115)120-97(5,6)7/h11-25,27-36,42-49,66-67,77-83,89-90H,9-10,26,37-41,50-65H2,1-8H3,(H,98,110)(H,99,109)(H,100,111)(H,101,113)(H,102,115)(H,103,114)(H,104,112)/t66?,67?,77-,78+,79+,80+,81+,82+,83+,89+,90+/m1/s1. The summed E-state index contributed by atoms with van der Waals surface area (Å²) in [6, 6.07) is 55.7. The van der Waals surface area contributed by atoms with Crippen molar-refractivity contribution in [2.24, 2.45) is 23.7 Å². The van der Waals surface area contributed by atoms with E-state index in [0.29, 0.717) is 41.7 Å². The Labute approximate surface area is 717 Å². The number of carbonyl (C=O) groups is 11. The molecule has 1 fully saturated rings. The molecule has 8 rings (SSSR count). The minimum Gasteiger partial charge on any atom is -0.444 e. The van der Waals surface area contributed by atoms with E-state index in [2.05, 4.69) is 61.5 Å². The fourth-order valence-electron chi connectivity index (χ4n) is 14.2. The van der Waals surface area contributed by atoms with Crippen molar-refractivity contribution in [2.75, 3.05) is 51.6 Å². The van der Waals surface area contributed by atoms with Gasteiger partial charge < -0.3 is 60.9 Å². The molecule has 121 heavy (non-hydrogen) atoms. The highest BCUT2D eigenvalue weighted by molar-refractivity contribution is 7.98. The average molecular weight is 1680 g/mol. The van der Waals surface area contributed by atoms with Gasteiger partial charge in [0, 0.05) is 57.6 Å². The van der Waals surface area contributed by atoms with Gasteiger partial charge in [0.15, 0.2) is 23.1 Å². The van der Waals surface area contributed by atoms with Crippen molar-refractivity contribution in [3.63, 3.8) is 0 Å². The van der Waals surface area contributed by atoms with E-state index in [4.69, 9.17) is 23.7 Å². The third-order valence-corrected chi connectivity index (χ3v) is 22.1. The number of alkyl carbamates (subject to hydrolysis) is 1. The minimum atomic E-state index is -1.56. The highest BCUT2D eigenvalue weighted by atomic mass is 32.2. The van der Waals surface area contributed by atoms with E-state index in [-0.39, 0.29) is 83.9 Å². The monoisotopic (exact) mass is 1670 g/mol. The topological polar surface area (TPSA) is 318 Å². The van der Waals surface area contributed by atoms with Crippen LogP contribution in [0.5, 0.6) is 0 Å². The molecule has 1 saturated heterocycles. The van der Waals surface area contributed by atoms with Crippen LogP contribution in [-0.2, 0) is 130 Å². The minimum absolute atomic E-state index is 0.00299. The van der Waals surface area contributed by atoms with Crippen molar-refractivity contribution in [1.82, 2.24) is 37.2 Å². The molecule has 11 atom stereocenters. The Bertz CT molecular complexity index is 4390. The highest BCUT2D eigenvalue weighted by Crippen LogP contribution is 2.24. The number of hydrogen-bond acceptors (Lipinski definition) is 17. The molecule has 0 aromatic heterocycles. The summed E-state index contributed by atoms with van der Waals surface area (Å²) in [6.07, 6.45) is 3.14. The second-order valence-corrected chi connectivity index (χ2v) is 33.3. The Morgan fingerprint density at radius 1 is 0.504 bits per heavy atom. The van der Waals surface area contributed by atoms with E-state index in [1.807, 2.05) is 196 Å². The molecule has 7 N–H and O–H groups in total. The zero-order chi connectivity index (χ0) is 86.9. The molecule has 1 heterocycles. The van der Waals surface area contributed by atoms with Gasteiger partial charge >= 0.3 is 6.09 Å². The summed E-state index contributed by atoms with van der Waals surface area (Å²) in [7, 11) is 0. The van der Waals surface area contributed by atoms with Crippen LogP contribution in [0.3, 0.4) is 0 Å². The van der Waals surface area contributed by atoms with Crippen LogP contribution < -0.4 is 37.2 Å². The number of benzene rings is 7. The third kappa shape index (κ3) is 34.5. The number of thioether (sulfide) groups is 1. The number of amides is 7. The van der Waals surface area contributed by atoms with Gasteiger partial charge in [-0.15, -0.1) is 0 Å². The fraction of sp³-hybridized carbons (Fsp3) is 0.454. The van der Waals surface area contributed by atoms with Crippen molar-refractivity contribution < 1.29 is 76.4 Å². The van der Waals surface area contributed by atoms with Gasteiger partial charge in [-0.2, -0.15) is 11.8 Å². The largest absolute Gasteiger partial charge is 0.444 e. The van der Waals surface area contributed by atoms with Gasteiger partial charge in [-0.3, -0.25) is 47.9 Å². The molecule has 7 aromatic carbocycles. The molecule has 7 aromatic rings. The summed E-state index contributed by atoms with van der Waals surface area (Å²) in [6.45, 7) is 11.3. The van der Waals surface area contributed by atoms with Crippen LogP contribution in [0.1, 0.15) is 150 Å². The van der Waals surface area contributed by atoms with Crippen molar-refractivity contribution in [3.05, 3.63) is 250 Å². The van der Waals surface area contributed by atoms with Crippen LogP contribution in [0.25, 0.3) is 0 Å². The lowest BCUT2D eigenvalue weighted by Crippen LogP contribution is -2.59. The summed E-state index contributed by atoms with van der Waals surface area (Å²) in [5, 5.41) is 20.3. The quantitative estimate of drug-likeness (QED) is 0.0174. The van der Waals surface area contributed by atoms with Crippen molar-refractivity contribution in [3.8, 4) is 0 Å². The first-order chi connectivity index (χ1) is 58.3. The van der Waals surface area contributed by atoms with Crippen molar-refractivity contribution in [2.45, 2.75) is 206 Å². The molecule has 0 spiro atoms. The van der Waals surface area contributed by atoms with E-state index in [1.165, 1.54) is 17.3 Å². The Kier molecular flexibility index (Phi) is 40.7. The number of carbonyl (C=O) groups excluding carboxylic acids is 11. The molecule has 1 aliphatic rings. The normalized spacial score (nSPS) is 17.7. The van der Waals surface area contributed by atoms with E-state index < -0.39 is 157 Å². The van der Waals surface area contributed by atoms with Gasteiger partial charge in [-0.25, -0.2) is 4.79 Å². The zero-order valence-corrected chi connectivity index (χ0v) is 72.1. The van der Waals surface area contributed by atoms with E-state index >= 15 is 24.0 Å². The highest BCUT2D eigenvalue weighted by Gasteiger charge is 2.40. The second kappa shape index (κ2) is 51.3. The lowest BCUT2D eigenvalue weighted by atomic mass is 9.88. The summed E-state index contributed by atoms with van der Waals surface area (Å²) >= 11 is 1.48. The lowest BCUT2D eigenvalue weighted by Gasteiger charge is -2.30. The molecule has 7 amide bonds. The third-order valence-electron chi connectivity index (χ3n) is 21.5. The Morgan fingerprint density at radius 2 is 1.00 bits per heavy atom. The molecular formula is C97H123N7O16S. The number of Topliss-reactive ketones (excluding diaryl/α,β-unsaturated/α-hetero) is 4. The molecule has 0 saturated carbocycles. The molecule has 0 aliphatic carbocycles. The van der Waals surface area contributed by atoms with E-state index in [0.717, 1.165) is 53.5 Å². The number of rotatable bonds is 46. The van der Waals surface area contributed by atoms with Crippen LogP contribution in [0, 0.1) is 23.7 Å². The van der Waals surface area contributed by atoms with Crippen molar-refractivity contribution in [1.29, 1.82) is 0 Å². The Hall–Kier alpha value is -10.5. The maximum Gasteiger partial charge on any atom is 0.408 e. The van der Waals surface area contributed by atoms with E-state index in [9.17, 15) is 28.8 Å². The average Bonchev–Trinajstić information content (AvgIpc) is 0.832. The smallest absolute Gasteiger partial charge is 0.408 e. The Balaban J connectivity index is 1.09. The molecule has 24 heteroatoms. The summed E-state index contributed by atoms with van der Waals surface area (Å²) in [5.41, 5.74) is 7.22. The van der Waals surface area contributed by atoms with Crippen LogP contribution >= 0.6 is 11.8 Å². The predicted molar refractivity (Wildman–Crippen MR) is 469 cm³/mol. The molecule has 0 radical (unpaired) electrons. The van der Waals surface area contributed by atoms with Gasteiger partial charge in [0.05, 0.1) is 69.1 Å². The van der Waals surface area contributed by atoms with Gasteiger partial charge in [0.2, 0.25) is 35.4 Å². The molecule has 2 unspecified atom stereocenters. The molecule has 648 valence electrons. The SMILES string of the molecule is CCC(C)[C@@H]1NC(=O)[C@H](Cc2ccccc2)NC(=O)[C@H](Cc2ccc(CCc3ccccc3)cc2)NC(=O)[C@@H](CC(=O)[C@@H](NC(=O)[C@H](COCc2ccccc2)CC(=O)[C@H](Cc2ccc(CCc3ccccc3)cc2)NC(=O)COCCOCCCC(=O)[C@H](CC)NC(=O)OC(C)(C)C)C(C)OCc2ccccc2)CNC(=O)[C@H](CCSC)CC1=O. The summed E-state index contributed by atoms with van der Waals surface area (Å²) in [4.78, 5) is 162. The van der Waals surface area contributed by atoms with Crippen LogP contribution in [0.4, 0.5) is 4.79 Å². The van der Waals surface area contributed by atoms with Crippen molar-refractivity contribution >= 4 is 76.4 Å². The van der Waals surface area contributed by atoms with Gasteiger partial charge in [-0.05, 0) is 147 Å². The van der Waals surface area contributed by atoms with Crippen LogP contribution in [-0.4, -0.2) is 164 Å². The lowest BCUT2D eigenvalue weighted by molar-refractivity contribution is -0.139. The van der Waals surface area contributed by atoms with Crippen LogP contribution in [0.2, 0.25) is 0 Å². The first-order valence-corrected chi connectivity index (χ1v) is 43.8. The first kappa shape index (κ1) is 96.0. The first-order valence-electron chi connectivity index (χ1n) is 42.4. The number of hydrogen-bond donors (Lipinski definition) is 7. The molecule has 23 nitrogen and oxygen atoms in total. The van der Waals surface area contributed by atoms with E-state index in [1.54, 1.807) is 34.6 Å². The summed E-state index contributed by atoms with van der Waals surface area (Å²) < 4.78 is 29.6. The fourth-order valence-corrected chi connectivity index (χ4v) is 14.7. The van der Waals surface area contributed by atoms with Gasteiger partial charge in [0.25, 0.3) is 0 Å². The maximum absolute atomic E-state index is 15.9. The van der Waals surface area contributed by atoms with Crippen LogP contribution in [0.15, 0.2) is 200 Å². The molecular weight excluding hydrogens is 1550 g/mol. The molecule has 1 aliphatic heterocycles. The Morgan fingerprint density at radius 3 is 1.55 bits per heavy atom. The summed E-state index contributed by atoms with van der Waals surface area (Å²) in [5.74, 6) is -9.73. The zero-order valence-electron chi connectivity index (χ0n) is 71.3.